The van der Waals surface area contributed by atoms with E-state index in [4.69, 9.17) is 26.8 Å². The molecule has 0 saturated carbocycles. The van der Waals surface area contributed by atoms with Gasteiger partial charge < -0.3 is 15.2 Å². The maximum absolute atomic E-state index is 13.9. The third-order valence-corrected chi connectivity index (χ3v) is 3.26. The van der Waals surface area contributed by atoms with Crippen molar-refractivity contribution >= 4 is 11.6 Å². The second-order valence-electron chi connectivity index (χ2n) is 4.29. The average Bonchev–Trinajstić information content (AvgIpc) is 2.48. The van der Waals surface area contributed by atoms with Gasteiger partial charge >= 0.3 is 0 Å². The van der Waals surface area contributed by atoms with Gasteiger partial charge in [0.2, 0.25) is 0 Å². The Morgan fingerprint density at radius 2 is 1.65 bits per heavy atom. The maximum Gasteiger partial charge on any atom is 0.128 e. The first kappa shape index (κ1) is 14.6. The van der Waals surface area contributed by atoms with Crippen molar-refractivity contribution < 1.29 is 13.9 Å². The molecule has 0 aromatic heterocycles. The van der Waals surface area contributed by atoms with E-state index in [1.165, 1.54) is 18.2 Å². The molecule has 0 bridgehead atoms. The number of benzene rings is 2. The van der Waals surface area contributed by atoms with E-state index in [-0.39, 0.29) is 0 Å². The van der Waals surface area contributed by atoms with Crippen LogP contribution in [-0.4, -0.2) is 14.2 Å². The van der Waals surface area contributed by atoms with Crippen LogP contribution in [0.5, 0.6) is 11.5 Å². The number of ether oxygens (including phenoxy) is 2. The van der Waals surface area contributed by atoms with Crippen LogP contribution >= 0.6 is 11.6 Å². The van der Waals surface area contributed by atoms with E-state index in [1.54, 1.807) is 32.4 Å². The molecule has 0 saturated heterocycles. The Balaban J connectivity index is 2.46. The number of nitrogens with two attached hydrogens (primary N) is 1. The zero-order valence-corrected chi connectivity index (χ0v) is 11.9. The Morgan fingerprint density at radius 1 is 1.05 bits per heavy atom. The smallest absolute Gasteiger partial charge is 0.128 e. The van der Waals surface area contributed by atoms with E-state index >= 15 is 0 Å². The second-order valence-corrected chi connectivity index (χ2v) is 4.73. The molecule has 2 aromatic rings. The van der Waals surface area contributed by atoms with Crippen molar-refractivity contribution in [1.29, 1.82) is 0 Å². The third-order valence-electron chi connectivity index (χ3n) is 3.03. The molecule has 2 rings (SSSR count). The van der Waals surface area contributed by atoms with Crippen LogP contribution in [0.1, 0.15) is 17.2 Å². The molecule has 0 aliphatic rings. The number of hydrogen-bond donors (Lipinski definition) is 1. The molecule has 106 valence electrons. The van der Waals surface area contributed by atoms with Gasteiger partial charge in [-0.25, -0.2) is 4.39 Å². The van der Waals surface area contributed by atoms with Gasteiger partial charge in [0.05, 0.1) is 20.3 Å². The van der Waals surface area contributed by atoms with Gasteiger partial charge in [0.25, 0.3) is 0 Å². The van der Waals surface area contributed by atoms with Crippen molar-refractivity contribution in [3.05, 3.63) is 58.4 Å². The predicted molar refractivity (Wildman–Crippen MR) is 77.0 cm³/mol. The highest BCUT2D eigenvalue weighted by atomic mass is 35.5. The van der Waals surface area contributed by atoms with Crippen LogP contribution in [-0.2, 0) is 0 Å². The van der Waals surface area contributed by atoms with Crippen LogP contribution in [0.25, 0.3) is 0 Å². The minimum Gasteiger partial charge on any atom is -0.497 e. The van der Waals surface area contributed by atoms with Crippen molar-refractivity contribution in [1.82, 2.24) is 0 Å². The molecule has 20 heavy (non-hydrogen) atoms. The summed E-state index contributed by atoms with van der Waals surface area (Å²) in [6, 6.07) is 8.87. The lowest BCUT2D eigenvalue weighted by Gasteiger charge is -2.16. The lowest BCUT2D eigenvalue weighted by atomic mass is 9.98. The van der Waals surface area contributed by atoms with E-state index in [0.717, 1.165) is 0 Å². The summed E-state index contributed by atoms with van der Waals surface area (Å²) in [5.41, 5.74) is 7.13. The molecular weight excluding hydrogens is 281 g/mol. The summed E-state index contributed by atoms with van der Waals surface area (Å²) in [6.45, 7) is 0. The number of hydrogen-bond acceptors (Lipinski definition) is 3. The Bertz CT molecular complexity index is 597. The molecule has 2 aromatic carbocycles. The van der Waals surface area contributed by atoms with Gasteiger partial charge in [-0.3, -0.25) is 0 Å². The monoisotopic (exact) mass is 295 g/mol. The first-order chi connectivity index (χ1) is 9.55. The van der Waals surface area contributed by atoms with Gasteiger partial charge in [0.15, 0.2) is 0 Å². The zero-order chi connectivity index (χ0) is 14.7. The molecule has 0 aliphatic carbocycles. The molecule has 0 radical (unpaired) electrons. The SMILES string of the molecule is COc1cc(OC)cc(C(N)c2cc(Cl)ccc2F)c1. The van der Waals surface area contributed by atoms with Gasteiger partial charge in [0, 0.05) is 16.7 Å². The molecule has 0 spiro atoms. The standard InChI is InChI=1S/C15H15ClFNO2/c1-19-11-5-9(6-12(8-11)20-2)15(18)13-7-10(16)3-4-14(13)17/h3-8,15H,18H2,1-2H3. The maximum atomic E-state index is 13.9. The molecule has 2 N–H and O–H groups in total. The molecule has 0 fully saturated rings. The van der Waals surface area contributed by atoms with E-state index in [0.29, 0.717) is 27.6 Å². The molecule has 1 atom stereocenters. The quantitative estimate of drug-likeness (QED) is 0.938. The topological polar surface area (TPSA) is 44.5 Å². The van der Waals surface area contributed by atoms with Crippen LogP contribution in [0.3, 0.4) is 0 Å². The average molecular weight is 296 g/mol. The lowest BCUT2D eigenvalue weighted by molar-refractivity contribution is 0.393. The lowest BCUT2D eigenvalue weighted by Crippen LogP contribution is -2.14. The fraction of sp³-hybridized carbons (Fsp3) is 0.200. The fourth-order valence-electron chi connectivity index (χ4n) is 1.94. The van der Waals surface area contributed by atoms with Crippen LogP contribution in [0.2, 0.25) is 5.02 Å². The van der Waals surface area contributed by atoms with E-state index in [9.17, 15) is 4.39 Å². The first-order valence-electron chi connectivity index (χ1n) is 5.98. The summed E-state index contributed by atoms with van der Waals surface area (Å²) in [6.07, 6.45) is 0. The molecule has 5 heteroatoms. The summed E-state index contributed by atoms with van der Waals surface area (Å²) >= 11 is 5.89. The summed E-state index contributed by atoms with van der Waals surface area (Å²) in [5, 5.41) is 0.437. The number of rotatable bonds is 4. The fourth-order valence-corrected chi connectivity index (χ4v) is 2.12. The highest BCUT2D eigenvalue weighted by Crippen LogP contribution is 2.30. The number of halogens is 2. The van der Waals surface area contributed by atoms with E-state index < -0.39 is 11.9 Å². The van der Waals surface area contributed by atoms with Crippen molar-refractivity contribution in [2.45, 2.75) is 6.04 Å². The highest BCUT2D eigenvalue weighted by molar-refractivity contribution is 6.30. The molecule has 0 heterocycles. The van der Waals surface area contributed by atoms with Crippen LogP contribution in [0.4, 0.5) is 4.39 Å². The van der Waals surface area contributed by atoms with E-state index in [2.05, 4.69) is 0 Å². The van der Waals surface area contributed by atoms with Gasteiger partial charge in [-0.2, -0.15) is 0 Å². The van der Waals surface area contributed by atoms with Crippen molar-refractivity contribution in [2.24, 2.45) is 5.73 Å². The van der Waals surface area contributed by atoms with Crippen molar-refractivity contribution in [2.75, 3.05) is 14.2 Å². The highest BCUT2D eigenvalue weighted by Gasteiger charge is 2.16. The zero-order valence-electron chi connectivity index (χ0n) is 11.2. The Hall–Kier alpha value is -1.78. The molecule has 1 unspecified atom stereocenters. The van der Waals surface area contributed by atoms with Gasteiger partial charge in [0.1, 0.15) is 17.3 Å². The van der Waals surface area contributed by atoms with Gasteiger partial charge in [-0.15, -0.1) is 0 Å². The van der Waals surface area contributed by atoms with Gasteiger partial charge in [-0.1, -0.05) is 11.6 Å². The summed E-state index contributed by atoms with van der Waals surface area (Å²) in [7, 11) is 3.09. The van der Waals surface area contributed by atoms with Crippen LogP contribution < -0.4 is 15.2 Å². The largest absolute Gasteiger partial charge is 0.497 e. The normalized spacial score (nSPS) is 12.1. The minimum atomic E-state index is -0.655. The Labute approximate surface area is 122 Å². The van der Waals surface area contributed by atoms with Crippen molar-refractivity contribution in [3.8, 4) is 11.5 Å². The van der Waals surface area contributed by atoms with E-state index in [1.807, 2.05) is 0 Å². The molecule has 0 amide bonds. The molecule has 0 aliphatic heterocycles. The first-order valence-corrected chi connectivity index (χ1v) is 6.36. The Morgan fingerprint density at radius 3 is 2.20 bits per heavy atom. The molecule has 3 nitrogen and oxygen atoms in total. The Kier molecular flexibility index (Phi) is 4.47. The van der Waals surface area contributed by atoms with Crippen molar-refractivity contribution in [3.63, 3.8) is 0 Å². The summed E-state index contributed by atoms with van der Waals surface area (Å²) < 4.78 is 24.2. The predicted octanol–water partition coefficient (Wildman–Crippen LogP) is 3.54. The minimum absolute atomic E-state index is 0.327. The molecular formula is C15H15ClFNO2. The summed E-state index contributed by atoms with van der Waals surface area (Å²) in [5.74, 6) is 0.790. The van der Waals surface area contributed by atoms with Crippen LogP contribution in [0, 0.1) is 5.82 Å². The summed E-state index contributed by atoms with van der Waals surface area (Å²) in [4.78, 5) is 0. The number of methoxy groups -OCH3 is 2. The second kappa shape index (κ2) is 6.11. The third kappa shape index (κ3) is 3.03. The van der Waals surface area contributed by atoms with Crippen LogP contribution in [0.15, 0.2) is 36.4 Å². The van der Waals surface area contributed by atoms with Gasteiger partial charge in [-0.05, 0) is 35.9 Å².